The van der Waals surface area contributed by atoms with E-state index in [4.69, 9.17) is 51.1 Å². The van der Waals surface area contributed by atoms with E-state index in [0.717, 1.165) is 17.3 Å². The lowest BCUT2D eigenvalue weighted by atomic mass is 10.2. The molecule has 0 unspecified atom stereocenters. The highest BCUT2D eigenvalue weighted by Crippen LogP contribution is 2.31. The van der Waals surface area contributed by atoms with Crippen LogP contribution in [-0.4, -0.2) is 17.0 Å². The predicted molar refractivity (Wildman–Crippen MR) is 139 cm³/mol. The van der Waals surface area contributed by atoms with Gasteiger partial charge < -0.3 is 10.1 Å². The van der Waals surface area contributed by atoms with E-state index in [1.54, 1.807) is 60.7 Å². The number of rotatable bonds is 5. The molecule has 34 heavy (non-hydrogen) atoms. The van der Waals surface area contributed by atoms with Crippen molar-refractivity contribution < 1.29 is 14.3 Å². The Kier molecular flexibility index (Phi) is 7.86. The Morgan fingerprint density at radius 1 is 0.941 bits per heavy atom. The Balaban J connectivity index is 1.43. The Bertz CT molecular complexity index is 1340. The number of amides is 2. The van der Waals surface area contributed by atoms with Gasteiger partial charge in [0.05, 0.1) is 20.0 Å². The van der Waals surface area contributed by atoms with Crippen molar-refractivity contribution in [2.45, 2.75) is 6.61 Å². The molecule has 172 valence electrons. The number of halogens is 4. The lowest BCUT2D eigenvalue weighted by Gasteiger charge is -2.09. The van der Waals surface area contributed by atoms with Gasteiger partial charge in [-0.15, -0.1) is 0 Å². The molecule has 1 N–H and O–H groups in total. The first-order valence-corrected chi connectivity index (χ1v) is 12.1. The van der Waals surface area contributed by atoms with Crippen LogP contribution in [0.2, 0.25) is 20.1 Å². The molecule has 0 aromatic heterocycles. The molecular weight excluding hydrogens is 538 g/mol. The number of benzene rings is 3. The van der Waals surface area contributed by atoms with Crippen molar-refractivity contribution in [1.29, 1.82) is 0 Å². The second-order valence-corrected chi connectivity index (χ2v) is 9.71. The molecule has 1 aliphatic heterocycles. The summed E-state index contributed by atoms with van der Waals surface area (Å²) in [6, 6.07) is 16.7. The number of hydrogen-bond acceptors (Lipinski definition) is 4. The fraction of sp³-hybridized carbons (Fsp3) is 0.0417. The van der Waals surface area contributed by atoms with Gasteiger partial charge in [0, 0.05) is 10.6 Å². The fourth-order valence-electron chi connectivity index (χ4n) is 2.90. The minimum Gasteiger partial charge on any atom is -0.487 e. The largest absolute Gasteiger partial charge is 0.487 e. The van der Waals surface area contributed by atoms with Gasteiger partial charge >= 0.3 is 0 Å². The quantitative estimate of drug-likeness (QED) is 0.338. The topological polar surface area (TPSA) is 67.8 Å². The summed E-state index contributed by atoms with van der Waals surface area (Å²) in [4.78, 5) is 29.0. The summed E-state index contributed by atoms with van der Waals surface area (Å²) in [6.07, 6.45) is 1.66. The highest BCUT2D eigenvalue weighted by Gasteiger charge is 2.25. The lowest BCUT2D eigenvalue weighted by molar-refractivity contribution is -0.115. The zero-order valence-corrected chi connectivity index (χ0v) is 21.0. The molecule has 0 spiro atoms. The van der Waals surface area contributed by atoms with Crippen LogP contribution in [0.15, 0.2) is 70.6 Å². The number of nitrogens with one attached hydrogen (secondary N) is 1. The summed E-state index contributed by atoms with van der Waals surface area (Å²) in [5.41, 5.74) is 1.90. The molecule has 3 aromatic carbocycles. The Morgan fingerprint density at radius 3 is 2.41 bits per heavy atom. The summed E-state index contributed by atoms with van der Waals surface area (Å²) in [5, 5.41) is 4.60. The molecule has 1 saturated heterocycles. The van der Waals surface area contributed by atoms with Gasteiger partial charge in [0.25, 0.3) is 11.8 Å². The second kappa shape index (κ2) is 10.8. The normalized spacial score (nSPS) is 15.6. The third-order valence-corrected chi connectivity index (χ3v) is 6.77. The van der Waals surface area contributed by atoms with Gasteiger partial charge in [-0.05, 0) is 77.5 Å². The van der Waals surface area contributed by atoms with Crippen LogP contribution in [0.3, 0.4) is 0 Å². The molecule has 10 heteroatoms. The van der Waals surface area contributed by atoms with Crippen molar-refractivity contribution in [2.75, 3.05) is 0 Å². The number of thioether (sulfide) groups is 1. The van der Waals surface area contributed by atoms with E-state index in [1.807, 2.05) is 6.07 Å². The average molecular weight is 552 g/mol. The maximum absolute atomic E-state index is 12.3. The highest BCUT2D eigenvalue weighted by atomic mass is 35.5. The van der Waals surface area contributed by atoms with E-state index in [9.17, 15) is 9.59 Å². The van der Waals surface area contributed by atoms with Crippen LogP contribution >= 0.6 is 58.2 Å². The SMILES string of the molecule is O=C1NC(=NC(=O)c2ccc(Cl)cc2)S/C1=C\c1ccc(OCc2ccc(Cl)c(Cl)c2)c(Cl)c1. The first kappa shape index (κ1) is 24.6. The predicted octanol–water partition coefficient (Wildman–Crippen LogP) is 7.28. The zero-order valence-electron chi connectivity index (χ0n) is 17.2. The summed E-state index contributed by atoms with van der Waals surface area (Å²) < 4.78 is 5.77. The summed E-state index contributed by atoms with van der Waals surface area (Å²) in [7, 11) is 0. The molecule has 1 aliphatic rings. The molecule has 1 heterocycles. The molecule has 0 radical (unpaired) electrons. The van der Waals surface area contributed by atoms with Crippen LogP contribution < -0.4 is 10.1 Å². The molecular formula is C24H14Cl4N2O3S. The van der Waals surface area contributed by atoms with E-state index < -0.39 is 5.91 Å². The van der Waals surface area contributed by atoms with Gasteiger partial charge in [-0.2, -0.15) is 4.99 Å². The fourth-order valence-corrected chi connectivity index (χ4v) is 4.41. The molecule has 3 aromatic rings. The van der Waals surface area contributed by atoms with E-state index in [2.05, 4.69) is 10.3 Å². The van der Waals surface area contributed by atoms with Crippen LogP contribution in [0.1, 0.15) is 21.5 Å². The Morgan fingerprint density at radius 2 is 1.71 bits per heavy atom. The molecule has 0 aliphatic carbocycles. The average Bonchev–Trinajstić information content (AvgIpc) is 3.14. The van der Waals surface area contributed by atoms with Crippen LogP contribution in [0.5, 0.6) is 5.75 Å². The van der Waals surface area contributed by atoms with E-state index in [1.165, 1.54) is 0 Å². The molecule has 1 fully saturated rings. The van der Waals surface area contributed by atoms with Gasteiger partial charge in [0.15, 0.2) is 5.17 Å². The van der Waals surface area contributed by atoms with E-state index in [-0.39, 0.29) is 17.7 Å². The van der Waals surface area contributed by atoms with E-state index >= 15 is 0 Å². The number of ether oxygens (including phenoxy) is 1. The Labute approximate surface area is 219 Å². The van der Waals surface area contributed by atoms with Crippen molar-refractivity contribution >= 4 is 81.2 Å². The molecule has 0 atom stereocenters. The number of hydrogen-bond donors (Lipinski definition) is 1. The summed E-state index contributed by atoms with van der Waals surface area (Å²) >= 11 is 25.2. The third-order valence-electron chi connectivity index (χ3n) is 4.58. The van der Waals surface area contributed by atoms with Gasteiger partial charge in [0.2, 0.25) is 0 Å². The van der Waals surface area contributed by atoms with Crippen molar-refractivity contribution in [1.82, 2.24) is 5.32 Å². The van der Waals surface area contributed by atoms with Crippen LogP contribution in [-0.2, 0) is 11.4 Å². The molecule has 5 nitrogen and oxygen atoms in total. The number of amidine groups is 1. The Hall–Kier alpha value is -2.48. The standard InChI is InChI=1S/C24H14Cl4N2O3S/c25-16-5-3-15(4-6-16)22(31)29-24-30-23(32)21(34-24)11-13-2-8-20(19(28)9-13)33-12-14-1-7-17(26)18(27)10-14/h1-11H,12H2,(H,29,30,31,32)/b21-11-. The smallest absolute Gasteiger partial charge is 0.279 e. The van der Waals surface area contributed by atoms with Gasteiger partial charge in [-0.3, -0.25) is 9.59 Å². The minimum atomic E-state index is -0.479. The second-order valence-electron chi connectivity index (χ2n) is 7.02. The summed E-state index contributed by atoms with van der Waals surface area (Å²) in [5.74, 6) is -0.356. The third kappa shape index (κ3) is 6.14. The van der Waals surface area contributed by atoms with Crippen LogP contribution in [0.25, 0.3) is 6.08 Å². The lowest BCUT2D eigenvalue weighted by Crippen LogP contribution is -2.20. The molecule has 4 rings (SSSR count). The summed E-state index contributed by atoms with van der Waals surface area (Å²) in [6.45, 7) is 0.261. The maximum Gasteiger partial charge on any atom is 0.279 e. The van der Waals surface area contributed by atoms with Crippen LogP contribution in [0.4, 0.5) is 0 Å². The number of nitrogens with zero attached hydrogens (tertiary/aromatic N) is 1. The number of carbonyl (C=O) groups excluding carboxylic acids is 2. The van der Waals surface area contributed by atoms with Crippen LogP contribution in [0, 0.1) is 0 Å². The van der Waals surface area contributed by atoms with Crippen molar-refractivity contribution in [2.24, 2.45) is 4.99 Å². The van der Waals surface area contributed by atoms with Crippen molar-refractivity contribution in [3.63, 3.8) is 0 Å². The van der Waals surface area contributed by atoms with Crippen molar-refractivity contribution in [3.05, 3.63) is 102 Å². The van der Waals surface area contributed by atoms with Gasteiger partial charge in [-0.25, -0.2) is 0 Å². The monoisotopic (exact) mass is 550 g/mol. The number of aliphatic imine (C=N–C) groups is 1. The minimum absolute atomic E-state index is 0.198. The van der Waals surface area contributed by atoms with E-state index in [0.29, 0.717) is 41.9 Å². The van der Waals surface area contributed by atoms with Gasteiger partial charge in [-0.1, -0.05) is 58.5 Å². The molecule has 0 saturated carbocycles. The maximum atomic E-state index is 12.3. The zero-order chi connectivity index (χ0) is 24.2. The first-order valence-electron chi connectivity index (χ1n) is 9.74. The molecule has 2 amide bonds. The van der Waals surface area contributed by atoms with Gasteiger partial charge in [0.1, 0.15) is 12.4 Å². The first-order chi connectivity index (χ1) is 16.3. The highest BCUT2D eigenvalue weighted by molar-refractivity contribution is 8.18. The molecule has 0 bridgehead atoms. The van der Waals surface area contributed by atoms with Crippen molar-refractivity contribution in [3.8, 4) is 5.75 Å². The number of carbonyl (C=O) groups is 2.